The first kappa shape index (κ1) is 12.7. The molecule has 0 spiro atoms. The van der Waals surface area contributed by atoms with Gasteiger partial charge in [-0.05, 0) is 42.8 Å². The maximum Gasteiger partial charge on any atom is 0.157 e. The van der Waals surface area contributed by atoms with Crippen LogP contribution < -0.4 is 0 Å². The molecule has 0 heterocycles. The van der Waals surface area contributed by atoms with Gasteiger partial charge in [0.05, 0.1) is 0 Å². The van der Waals surface area contributed by atoms with E-state index in [2.05, 4.69) is 0 Å². The van der Waals surface area contributed by atoms with Gasteiger partial charge >= 0.3 is 0 Å². The van der Waals surface area contributed by atoms with Crippen LogP contribution in [0.15, 0.2) is 42.5 Å². The standard InChI is InChI=1S/C7H8O2.C6H6O2/c1-5-4-6(8)2-3-7(5)9;7-5-3-1-2-4-6(5)8/h2-4,8-9H,1H3;1-4,7-8H. The predicted molar refractivity (Wildman–Crippen MR) is 64.3 cm³/mol. The summed E-state index contributed by atoms with van der Waals surface area (Å²) < 4.78 is 0. The van der Waals surface area contributed by atoms with Crippen molar-refractivity contribution >= 4 is 0 Å². The average molecular weight is 234 g/mol. The number of phenolic OH excluding ortho intramolecular Hbond substituents is 4. The highest BCUT2D eigenvalue weighted by Crippen LogP contribution is 2.21. The molecular weight excluding hydrogens is 220 g/mol. The summed E-state index contributed by atoms with van der Waals surface area (Å²) in [7, 11) is 0. The fourth-order valence-electron chi connectivity index (χ4n) is 1.10. The summed E-state index contributed by atoms with van der Waals surface area (Å²) in [5.74, 6) is 0.248. The van der Waals surface area contributed by atoms with Crippen molar-refractivity contribution in [3.8, 4) is 23.0 Å². The van der Waals surface area contributed by atoms with Gasteiger partial charge in [-0.15, -0.1) is 0 Å². The molecule has 0 saturated carbocycles. The molecule has 4 heteroatoms. The minimum Gasteiger partial charge on any atom is -0.508 e. The number of benzene rings is 2. The summed E-state index contributed by atoms with van der Waals surface area (Å²) in [6, 6.07) is 10.6. The summed E-state index contributed by atoms with van der Waals surface area (Å²) in [5, 5.41) is 35.1. The third kappa shape index (κ3) is 3.95. The Morgan fingerprint density at radius 1 is 0.706 bits per heavy atom. The summed E-state index contributed by atoms with van der Waals surface area (Å²) in [5.41, 5.74) is 0.690. The van der Waals surface area contributed by atoms with Crippen molar-refractivity contribution in [3.05, 3.63) is 48.0 Å². The molecule has 0 saturated heterocycles. The zero-order chi connectivity index (χ0) is 12.8. The molecule has 0 aromatic heterocycles. The number of aryl methyl sites for hydroxylation is 1. The highest BCUT2D eigenvalue weighted by Gasteiger charge is 1.93. The zero-order valence-corrected chi connectivity index (χ0v) is 9.33. The van der Waals surface area contributed by atoms with E-state index in [1.807, 2.05) is 0 Å². The molecule has 0 radical (unpaired) electrons. The third-order valence-electron chi connectivity index (χ3n) is 2.06. The summed E-state index contributed by atoms with van der Waals surface area (Å²) in [4.78, 5) is 0. The first-order valence-corrected chi connectivity index (χ1v) is 4.96. The molecule has 2 aromatic rings. The van der Waals surface area contributed by atoms with E-state index in [0.29, 0.717) is 5.56 Å². The van der Waals surface area contributed by atoms with E-state index in [1.165, 1.54) is 30.3 Å². The monoisotopic (exact) mass is 234 g/mol. The SMILES string of the molecule is Cc1cc(O)ccc1O.Oc1ccccc1O. The van der Waals surface area contributed by atoms with Gasteiger partial charge in [-0.3, -0.25) is 0 Å². The molecule has 0 fully saturated rings. The Morgan fingerprint density at radius 3 is 1.59 bits per heavy atom. The number of hydrogen-bond donors (Lipinski definition) is 4. The molecule has 0 unspecified atom stereocenters. The molecule has 0 atom stereocenters. The minimum atomic E-state index is -0.0764. The van der Waals surface area contributed by atoms with Gasteiger partial charge < -0.3 is 20.4 Å². The van der Waals surface area contributed by atoms with Gasteiger partial charge in [-0.1, -0.05) is 12.1 Å². The Morgan fingerprint density at radius 2 is 1.24 bits per heavy atom. The van der Waals surface area contributed by atoms with Crippen molar-refractivity contribution < 1.29 is 20.4 Å². The van der Waals surface area contributed by atoms with Crippen LogP contribution in [0.3, 0.4) is 0 Å². The topological polar surface area (TPSA) is 80.9 Å². The molecule has 0 aliphatic carbocycles. The molecule has 0 amide bonds. The second-order valence-electron chi connectivity index (χ2n) is 3.46. The average Bonchev–Trinajstić information content (AvgIpc) is 2.29. The van der Waals surface area contributed by atoms with Gasteiger partial charge in [-0.25, -0.2) is 0 Å². The number of rotatable bonds is 0. The molecule has 90 valence electrons. The van der Waals surface area contributed by atoms with E-state index in [0.717, 1.165) is 0 Å². The van der Waals surface area contributed by atoms with Crippen molar-refractivity contribution in [1.29, 1.82) is 0 Å². The lowest BCUT2D eigenvalue weighted by Gasteiger charge is -1.96. The number of hydrogen-bond acceptors (Lipinski definition) is 4. The minimum absolute atomic E-state index is 0.0764. The zero-order valence-electron chi connectivity index (χ0n) is 9.33. The van der Waals surface area contributed by atoms with Gasteiger partial charge in [0, 0.05) is 0 Å². The molecular formula is C13H14O4. The number of para-hydroxylation sites is 2. The van der Waals surface area contributed by atoms with Crippen LogP contribution in [0.4, 0.5) is 0 Å². The fourth-order valence-corrected chi connectivity index (χ4v) is 1.10. The molecule has 17 heavy (non-hydrogen) atoms. The second kappa shape index (κ2) is 5.65. The summed E-state index contributed by atoms with van der Waals surface area (Å²) in [6.07, 6.45) is 0. The predicted octanol–water partition coefficient (Wildman–Crippen LogP) is 2.50. The first-order valence-electron chi connectivity index (χ1n) is 4.96. The molecule has 0 aliphatic rings. The fraction of sp³-hybridized carbons (Fsp3) is 0.0769. The summed E-state index contributed by atoms with van der Waals surface area (Å²) >= 11 is 0. The highest BCUT2D eigenvalue weighted by atomic mass is 16.3. The smallest absolute Gasteiger partial charge is 0.157 e. The van der Waals surface area contributed by atoms with Crippen LogP contribution in [0.5, 0.6) is 23.0 Å². The van der Waals surface area contributed by atoms with Crippen molar-refractivity contribution in [2.75, 3.05) is 0 Å². The van der Waals surface area contributed by atoms with Crippen LogP contribution in [-0.4, -0.2) is 20.4 Å². The second-order valence-corrected chi connectivity index (χ2v) is 3.46. The van der Waals surface area contributed by atoms with E-state index in [-0.39, 0.29) is 23.0 Å². The quantitative estimate of drug-likeness (QED) is 0.417. The van der Waals surface area contributed by atoms with Crippen LogP contribution in [0, 0.1) is 6.92 Å². The van der Waals surface area contributed by atoms with Gasteiger partial charge in [0.2, 0.25) is 0 Å². The van der Waals surface area contributed by atoms with Crippen molar-refractivity contribution in [2.24, 2.45) is 0 Å². The third-order valence-corrected chi connectivity index (χ3v) is 2.06. The van der Waals surface area contributed by atoms with Crippen molar-refractivity contribution in [1.82, 2.24) is 0 Å². The Kier molecular flexibility index (Phi) is 4.22. The maximum atomic E-state index is 8.93. The van der Waals surface area contributed by atoms with Crippen LogP contribution >= 0.6 is 0 Å². The Balaban J connectivity index is 0.000000171. The lowest BCUT2D eigenvalue weighted by molar-refractivity contribution is 0.404. The number of phenols is 4. The van der Waals surface area contributed by atoms with Gasteiger partial charge in [0.25, 0.3) is 0 Å². The normalized spacial score (nSPS) is 9.24. The molecule has 4 nitrogen and oxygen atoms in total. The van der Waals surface area contributed by atoms with Crippen molar-refractivity contribution in [2.45, 2.75) is 6.92 Å². The van der Waals surface area contributed by atoms with Gasteiger partial charge in [-0.2, -0.15) is 0 Å². The first-order chi connectivity index (χ1) is 8.00. The van der Waals surface area contributed by atoms with E-state index in [4.69, 9.17) is 20.4 Å². The Labute approximate surface area is 99.0 Å². The highest BCUT2D eigenvalue weighted by molar-refractivity contribution is 5.37. The largest absolute Gasteiger partial charge is 0.508 e. The van der Waals surface area contributed by atoms with Crippen molar-refractivity contribution in [3.63, 3.8) is 0 Å². The van der Waals surface area contributed by atoms with Crippen LogP contribution in [-0.2, 0) is 0 Å². The maximum absolute atomic E-state index is 8.93. The van der Waals surface area contributed by atoms with Gasteiger partial charge in [0.1, 0.15) is 11.5 Å². The Bertz CT molecular complexity index is 474. The molecule has 2 aromatic carbocycles. The van der Waals surface area contributed by atoms with Crippen LogP contribution in [0.1, 0.15) is 5.56 Å². The molecule has 0 aliphatic heterocycles. The lowest BCUT2D eigenvalue weighted by Crippen LogP contribution is -1.71. The molecule has 2 rings (SSSR count). The van der Waals surface area contributed by atoms with Crippen LogP contribution in [0.25, 0.3) is 0 Å². The van der Waals surface area contributed by atoms with E-state index in [1.54, 1.807) is 19.1 Å². The van der Waals surface area contributed by atoms with Crippen LogP contribution in [0.2, 0.25) is 0 Å². The lowest BCUT2D eigenvalue weighted by atomic mass is 10.2. The Hall–Kier alpha value is -2.36. The molecule has 4 N–H and O–H groups in total. The van der Waals surface area contributed by atoms with E-state index < -0.39 is 0 Å². The number of aromatic hydroxyl groups is 4. The van der Waals surface area contributed by atoms with E-state index >= 15 is 0 Å². The summed E-state index contributed by atoms with van der Waals surface area (Å²) in [6.45, 7) is 1.73. The molecule has 0 bridgehead atoms. The van der Waals surface area contributed by atoms with Gasteiger partial charge in [0.15, 0.2) is 11.5 Å². The van der Waals surface area contributed by atoms with E-state index in [9.17, 15) is 0 Å².